The minimum absolute atomic E-state index is 0.0884. The highest BCUT2D eigenvalue weighted by atomic mass is 31.2. The fourth-order valence-corrected chi connectivity index (χ4v) is 7.02. The molecule has 2 atom stereocenters. The van der Waals surface area contributed by atoms with E-state index in [1.165, 1.54) is 154 Å². The van der Waals surface area contributed by atoms with Gasteiger partial charge in [0.1, 0.15) is 12.7 Å². The predicted molar refractivity (Wildman–Crippen MR) is 211 cm³/mol. The quantitative estimate of drug-likeness (QED) is 0.0320. The minimum atomic E-state index is -4.40. The molecule has 0 bridgehead atoms. The summed E-state index contributed by atoms with van der Waals surface area (Å²) in [6, 6.07) is 0. The molecule has 0 aliphatic carbocycles. The van der Waals surface area contributed by atoms with Crippen LogP contribution in [0.3, 0.4) is 0 Å². The highest BCUT2D eigenvalue weighted by Gasteiger charge is 2.23. The molecule has 0 aliphatic rings. The van der Waals surface area contributed by atoms with E-state index in [4.69, 9.17) is 13.8 Å². The van der Waals surface area contributed by atoms with Gasteiger partial charge in [0.15, 0.2) is 0 Å². The molecule has 0 saturated carbocycles. The second-order valence-electron chi connectivity index (χ2n) is 14.7. The maximum Gasteiger partial charge on any atom is 0.472 e. The van der Waals surface area contributed by atoms with Gasteiger partial charge in [-0.3, -0.25) is 18.6 Å². The van der Waals surface area contributed by atoms with E-state index in [-0.39, 0.29) is 32.1 Å². The SMILES string of the molecule is CCCCCCCCCCCCCCCCCCCCCC(=O)NCCOP(=O)(O)OCC(O)COC(=O)CCCCCCCCCCCCC. The van der Waals surface area contributed by atoms with Gasteiger partial charge in [0.05, 0.1) is 13.2 Å². The van der Waals surface area contributed by atoms with Gasteiger partial charge in [-0.1, -0.05) is 194 Å². The summed E-state index contributed by atoms with van der Waals surface area (Å²) < 4.78 is 26.8. The van der Waals surface area contributed by atoms with Gasteiger partial charge in [0.2, 0.25) is 5.91 Å². The number of hydrogen-bond donors (Lipinski definition) is 3. The highest BCUT2D eigenvalue weighted by Crippen LogP contribution is 2.42. The molecule has 3 N–H and O–H groups in total. The molecule has 0 aromatic rings. The highest BCUT2D eigenvalue weighted by molar-refractivity contribution is 7.47. The Bertz CT molecular complexity index is 815. The van der Waals surface area contributed by atoms with E-state index >= 15 is 0 Å². The Morgan fingerprint density at radius 2 is 0.882 bits per heavy atom. The average Bonchev–Trinajstić information content (AvgIpc) is 3.11. The van der Waals surface area contributed by atoms with Crippen LogP contribution < -0.4 is 5.32 Å². The number of esters is 1. The Hall–Kier alpha value is -0.990. The fourth-order valence-electron chi connectivity index (χ4n) is 6.26. The molecule has 1 amide bonds. The van der Waals surface area contributed by atoms with Crippen molar-refractivity contribution < 1.29 is 37.9 Å². The van der Waals surface area contributed by atoms with Crippen LogP contribution >= 0.6 is 7.82 Å². The van der Waals surface area contributed by atoms with E-state index in [1.807, 2.05) is 0 Å². The van der Waals surface area contributed by atoms with Crippen molar-refractivity contribution in [2.45, 2.75) is 225 Å². The van der Waals surface area contributed by atoms with Gasteiger partial charge in [-0.25, -0.2) is 4.57 Å². The summed E-state index contributed by atoms with van der Waals surface area (Å²) in [6.07, 6.45) is 37.5. The summed E-state index contributed by atoms with van der Waals surface area (Å²) in [4.78, 5) is 33.8. The van der Waals surface area contributed by atoms with E-state index in [2.05, 4.69) is 19.2 Å². The van der Waals surface area contributed by atoms with Crippen LogP contribution in [0.1, 0.15) is 219 Å². The van der Waals surface area contributed by atoms with Crippen LogP contribution in [-0.4, -0.2) is 54.3 Å². The Morgan fingerprint density at radius 1 is 0.529 bits per heavy atom. The Labute approximate surface area is 314 Å². The van der Waals surface area contributed by atoms with Crippen LogP contribution in [-0.2, 0) is 27.9 Å². The summed E-state index contributed by atoms with van der Waals surface area (Å²) >= 11 is 0. The van der Waals surface area contributed by atoms with Gasteiger partial charge >= 0.3 is 13.8 Å². The Morgan fingerprint density at radius 3 is 1.27 bits per heavy atom. The van der Waals surface area contributed by atoms with Gasteiger partial charge in [0, 0.05) is 19.4 Å². The molecular formula is C41H82NO8P. The summed E-state index contributed by atoms with van der Waals surface area (Å²) in [5.41, 5.74) is 0. The number of aliphatic hydroxyl groups excluding tert-OH is 1. The molecule has 51 heavy (non-hydrogen) atoms. The van der Waals surface area contributed by atoms with E-state index in [9.17, 15) is 24.2 Å². The molecule has 0 rings (SSSR count). The summed E-state index contributed by atoms with van der Waals surface area (Å²) in [5, 5.41) is 12.7. The third-order valence-electron chi connectivity index (χ3n) is 9.54. The molecule has 0 aromatic carbocycles. The molecule has 304 valence electrons. The smallest absolute Gasteiger partial charge is 0.463 e. The number of ether oxygens (including phenoxy) is 1. The predicted octanol–water partition coefficient (Wildman–Crippen LogP) is 11.7. The second-order valence-corrected chi connectivity index (χ2v) is 16.1. The minimum Gasteiger partial charge on any atom is -0.463 e. The molecule has 0 saturated heterocycles. The van der Waals surface area contributed by atoms with E-state index in [0.29, 0.717) is 6.42 Å². The van der Waals surface area contributed by atoms with E-state index < -0.39 is 26.5 Å². The molecule has 0 radical (unpaired) electrons. The molecule has 9 nitrogen and oxygen atoms in total. The molecular weight excluding hydrogens is 665 g/mol. The number of aliphatic hydroxyl groups is 1. The monoisotopic (exact) mass is 748 g/mol. The van der Waals surface area contributed by atoms with Crippen LogP contribution in [0.15, 0.2) is 0 Å². The number of carbonyl (C=O) groups excluding carboxylic acids is 2. The van der Waals surface area contributed by atoms with Crippen LogP contribution in [0.5, 0.6) is 0 Å². The largest absolute Gasteiger partial charge is 0.472 e. The number of amides is 1. The molecule has 0 heterocycles. The van der Waals surface area contributed by atoms with Crippen molar-refractivity contribution in [2.75, 3.05) is 26.4 Å². The zero-order valence-corrected chi connectivity index (χ0v) is 34.2. The molecule has 2 unspecified atom stereocenters. The van der Waals surface area contributed by atoms with Gasteiger partial charge < -0.3 is 20.1 Å². The first kappa shape index (κ1) is 50.0. The number of unbranched alkanes of at least 4 members (excludes halogenated alkanes) is 28. The lowest BCUT2D eigenvalue weighted by molar-refractivity contribution is -0.147. The number of hydrogen-bond acceptors (Lipinski definition) is 7. The van der Waals surface area contributed by atoms with Gasteiger partial charge in [0.25, 0.3) is 0 Å². The maximum absolute atomic E-state index is 12.1. The number of rotatable bonds is 41. The molecule has 0 aliphatic heterocycles. The molecule has 10 heteroatoms. The average molecular weight is 748 g/mol. The van der Waals surface area contributed by atoms with Crippen molar-refractivity contribution in [3.05, 3.63) is 0 Å². The van der Waals surface area contributed by atoms with Gasteiger partial charge in [-0.15, -0.1) is 0 Å². The van der Waals surface area contributed by atoms with Crippen molar-refractivity contribution >= 4 is 19.7 Å². The lowest BCUT2D eigenvalue weighted by Crippen LogP contribution is -2.27. The number of phosphoric ester groups is 1. The summed E-state index contributed by atoms with van der Waals surface area (Å²) in [6.45, 7) is 3.58. The first-order chi connectivity index (χ1) is 24.8. The zero-order chi connectivity index (χ0) is 37.5. The molecule has 0 fully saturated rings. The van der Waals surface area contributed by atoms with Crippen LogP contribution in [0.2, 0.25) is 0 Å². The van der Waals surface area contributed by atoms with Crippen molar-refractivity contribution in [2.24, 2.45) is 0 Å². The van der Waals surface area contributed by atoms with Crippen molar-refractivity contribution in [1.82, 2.24) is 5.32 Å². The summed E-state index contributed by atoms with van der Waals surface area (Å²) in [7, 11) is -4.40. The standard InChI is InChI=1S/C41H82NO8P/c1-3-5-7-9-11-13-15-16-17-18-19-20-21-22-24-25-27-29-31-33-40(44)42-35-36-49-51(46,47)50-38-39(43)37-48-41(45)34-32-30-28-26-23-14-12-10-8-6-4-2/h39,43H,3-38H2,1-2H3,(H,42,44)(H,46,47). The zero-order valence-electron chi connectivity index (χ0n) is 33.3. The first-order valence-corrected chi connectivity index (χ1v) is 23.0. The van der Waals surface area contributed by atoms with E-state index in [0.717, 1.165) is 38.5 Å². The van der Waals surface area contributed by atoms with Crippen LogP contribution in [0.4, 0.5) is 0 Å². The topological polar surface area (TPSA) is 131 Å². The van der Waals surface area contributed by atoms with Crippen molar-refractivity contribution in [3.8, 4) is 0 Å². The van der Waals surface area contributed by atoms with Gasteiger partial charge in [-0.05, 0) is 12.8 Å². The number of phosphoric acid groups is 1. The van der Waals surface area contributed by atoms with Crippen LogP contribution in [0, 0.1) is 0 Å². The number of carbonyl (C=O) groups is 2. The second kappa shape index (κ2) is 38.7. The van der Waals surface area contributed by atoms with Crippen molar-refractivity contribution in [3.63, 3.8) is 0 Å². The maximum atomic E-state index is 12.1. The molecule has 0 spiro atoms. The van der Waals surface area contributed by atoms with E-state index in [1.54, 1.807) is 0 Å². The first-order valence-electron chi connectivity index (χ1n) is 21.5. The third-order valence-corrected chi connectivity index (χ3v) is 10.5. The van der Waals surface area contributed by atoms with Gasteiger partial charge in [-0.2, -0.15) is 0 Å². The molecule has 0 aromatic heterocycles. The lowest BCUT2D eigenvalue weighted by atomic mass is 10.0. The van der Waals surface area contributed by atoms with Crippen LogP contribution in [0.25, 0.3) is 0 Å². The van der Waals surface area contributed by atoms with Crippen molar-refractivity contribution in [1.29, 1.82) is 0 Å². The lowest BCUT2D eigenvalue weighted by Gasteiger charge is -2.15. The summed E-state index contributed by atoms with van der Waals surface area (Å²) in [5.74, 6) is -0.506. The third kappa shape index (κ3) is 40.0. The normalized spacial score (nSPS) is 13.3. The fraction of sp³-hybridized carbons (Fsp3) is 0.951. The Balaban J connectivity index is 3.53. The number of nitrogens with one attached hydrogen (secondary N) is 1. The Kier molecular flexibility index (Phi) is 38.0.